The number of aliphatic hydroxyl groups excluding tert-OH is 2. The van der Waals surface area contributed by atoms with Crippen molar-refractivity contribution in [3.63, 3.8) is 0 Å². The van der Waals surface area contributed by atoms with Crippen molar-refractivity contribution in [2.75, 3.05) is 13.7 Å². The largest absolute Gasteiger partial charge is 0.395 e. The first-order valence-electron chi connectivity index (χ1n) is 13.1. The van der Waals surface area contributed by atoms with E-state index in [9.17, 15) is 10.2 Å². The summed E-state index contributed by atoms with van der Waals surface area (Å²) in [5.74, 6) is 1.51. The normalized spacial score (nSPS) is 46.9. The lowest BCUT2D eigenvalue weighted by Crippen LogP contribution is -2.55. The molecule has 4 saturated carbocycles. The van der Waals surface area contributed by atoms with Crippen LogP contribution in [0.25, 0.3) is 0 Å². The number of allylic oxidation sites excluding steroid dienone is 1. The van der Waals surface area contributed by atoms with Crippen LogP contribution < -0.4 is 0 Å². The van der Waals surface area contributed by atoms with Gasteiger partial charge in [0.05, 0.1) is 18.8 Å². The summed E-state index contributed by atoms with van der Waals surface area (Å²) >= 11 is 0. The summed E-state index contributed by atoms with van der Waals surface area (Å²) in [4.78, 5) is 0. The molecule has 0 saturated heterocycles. The number of fused-ring (bicyclic) bond motifs is 5. The Kier molecular flexibility index (Phi) is 5.85. The van der Waals surface area contributed by atoms with Gasteiger partial charge in [0.1, 0.15) is 0 Å². The molecule has 0 aromatic heterocycles. The quantitative estimate of drug-likeness (QED) is 0.463. The molecule has 5 aliphatic carbocycles. The van der Waals surface area contributed by atoms with Crippen LogP contribution in [-0.4, -0.2) is 41.9 Å². The first kappa shape index (κ1) is 22.4. The van der Waals surface area contributed by atoms with E-state index in [1.165, 1.54) is 49.7 Å². The molecule has 0 aromatic rings. The van der Waals surface area contributed by atoms with Gasteiger partial charge in [0, 0.05) is 25.4 Å². The van der Waals surface area contributed by atoms with E-state index < -0.39 is 0 Å². The molecule has 4 heteroatoms. The Bertz CT molecular complexity index is 710. The average Bonchev–Trinajstić information content (AvgIpc) is 3.11. The molecule has 0 spiro atoms. The summed E-state index contributed by atoms with van der Waals surface area (Å²) < 4.78 is 12.9. The Morgan fingerprint density at radius 3 is 2.42 bits per heavy atom. The van der Waals surface area contributed by atoms with Gasteiger partial charge in [0.2, 0.25) is 0 Å². The van der Waals surface area contributed by atoms with Crippen LogP contribution in [0.4, 0.5) is 0 Å². The number of rotatable bonds is 4. The van der Waals surface area contributed by atoms with Gasteiger partial charge < -0.3 is 19.7 Å². The molecular weight excluding hydrogens is 388 g/mol. The monoisotopic (exact) mass is 432 g/mol. The molecule has 0 unspecified atom stereocenters. The molecule has 5 rings (SSSR count). The van der Waals surface area contributed by atoms with Crippen LogP contribution in [0.1, 0.15) is 97.3 Å². The zero-order valence-electron chi connectivity index (χ0n) is 20.0. The van der Waals surface area contributed by atoms with Gasteiger partial charge in [0.15, 0.2) is 5.79 Å². The van der Waals surface area contributed by atoms with Crippen molar-refractivity contribution >= 4 is 0 Å². The van der Waals surface area contributed by atoms with Crippen LogP contribution in [0.15, 0.2) is 11.1 Å². The number of hydrogen-bond donors (Lipinski definition) is 2. The molecule has 0 heterocycles. The highest BCUT2D eigenvalue weighted by molar-refractivity contribution is 5.31. The fraction of sp³-hybridized carbons (Fsp3) is 0.926. The van der Waals surface area contributed by atoms with E-state index in [1.807, 2.05) is 7.11 Å². The highest BCUT2D eigenvalue weighted by Gasteiger charge is 2.61. The third-order valence-electron chi connectivity index (χ3n) is 10.7. The fourth-order valence-corrected chi connectivity index (χ4v) is 9.02. The standard InChI is InChI=1S/C27H44O4/c1-18-15-20-21-7-8-24(31-27(30-3)11-5-4-6-12-27)25(21,2)13-10-22(20)26(17-28)14-9-19(29)16-23(18)26/h19-22,24,28-29H,4-17H2,1-3H3/t19-,20-,21-,22-,24-,25-,26-/m0/s1. The second kappa shape index (κ2) is 8.11. The van der Waals surface area contributed by atoms with Crippen molar-refractivity contribution in [1.29, 1.82) is 0 Å². The SMILES string of the molecule is COC1(O[C@H]2CC[C@H]3[C@@H]4CC(C)=C5C[C@@H](O)CC[C@]5(CO)[C@H]4CC[C@]23C)CCCCC1. The lowest BCUT2D eigenvalue weighted by atomic mass is 9.46. The Hall–Kier alpha value is -0.420. The van der Waals surface area contributed by atoms with Crippen molar-refractivity contribution in [3.8, 4) is 0 Å². The van der Waals surface area contributed by atoms with Gasteiger partial charge in [0.25, 0.3) is 0 Å². The molecule has 31 heavy (non-hydrogen) atoms. The topological polar surface area (TPSA) is 58.9 Å². The first-order chi connectivity index (χ1) is 14.9. The molecule has 2 N–H and O–H groups in total. The Morgan fingerprint density at radius 1 is 0.935 bits per heavy atom. The summed E-state index contributed by atoms with van der Waals surface area (Å²) in [5, 5.41) is 21.1. The molecule has 0 aromatic carbocycles. The van der Waals surface area contributed by atoms with E-state index in [0.29, 0.717) is 23.9 Å². The number of hydrogen-bond acceptors (Lipinski definition) is 4. The van der Waals surface area contributed by atoms with E-state index in [-0.39, 0.29) is 29.3 Å². The van der Waals surface area contributed by atoms with Gasteiger partial charge in [-0.2, -0.15) is 0 Å². The third kappa shape index (κ3) is 3.38. The van der Waals surface area contributed by atoms with E-state index in [0.717, 1.165) is 44.9 Å². The van der Waals surface area contributed by atoms with E-state index in [2.05, 4.69) is 13.8 Å². The summed E-state index contributed by atoms with van der Waals surface area (Å²) in [7, 11) is 1.84. The molecule has 4 fully saturated rings. The van der Waals surface area contributed by atoms with Gasteiger partial charge in [-0.1, -0.05) is 24.5 Å². The summed E-state index contributed by atoms with van der Waals surface area (Å²) in [5.41, 5.74) is 3.00. The zero-order chi connectivity index (χ0) is 21.9. The van der Waals surface area contributed by atoms with Crippen molar-refractivity contribution in [1.82, 2.24) is 0 Å². The van der Waals surface area contributed by atoms with Crippen molar-refractivity contribution < 1.29 is 19.7 Å². The second-order valence-corrected chi connectivity index (χ2v) is 12.0. The Morgan fingerprint density at radius 2 is 1.71 bits per heavy atom. The molecule has 7 atom stereocenters. The summed E-state index contributed by atoms with van der Waals surface area (Å²) in [6, 6.07) is 0. The van der Waals surface area contributed by atoms with Gasteiger partial charge in [-0.05, 0) is 94.3 Å². The van der Waals surface area contributed by atoms with Crippen molar-refractivity contribution in [2.24, 2.45) is 28.6 Å². The third-order valence-corrected chi connectivity index (χ3v) is 10.7. The van der Waals surface area contributed by atoms with Crippen LogP contribution in [0.2, 0.25) is 0 Å². The smallest absolute Gasteiger partial charge is 0.168 e. The minimum Gasteiger partial charge on any atom is -0.395 e. The van der Waals surface area contributed by atoms with Gasteiger partial charge >= 0.3 is 0 Å². The summed E-state index contributed by atoms with van der Waals surface area (Å²) in [6.45, 7) is 5.04. The summed E-state index contributed by atoms with van der Waals surface area (Å²) in [6.07, 6.45) is 14.4. The van der Waals surface area contributed by atoms with E-state index in [4.69, 9.17) is 9.47 Å². The van der Waals surface area contributed by atoms with Crippen LogP contribution in [0.5, 0.6) is 0 Å². The average molecular weight is 433 g/mol. The lowest BCUT2D eigenvalue weighted by molar-refractivity contribution is -0.279. The van der Waals surface area contributed by atoms with Crippen LogP contribution >= 0.6 is 0 Å². The maximum Gasteiger partial charge on any atom is 0.168 e. The van der Waals surface area contributed by atoms with Crippen LogP contribution in [-0.2, 0) is 9.47 Å². The second-order valence-electron chi connectivity index (χ2n) is 12.0. The molecule has 5 aliphatic rings. The fourth-order valence-electron chi connectivity index (χ4n) is 9.02. The maximum atomic E-state index is 10.7. The highest BCUT2D eigenvalue weighted by Crippen LogP contribution is 2.66. The molecule has 0 amide bonds. The predicted octanol–water partition coefficient (Wildman–Crippen LogP) is 5.36. The maximum absolute atomic E-state index is 10.7. The van der Waals surface area contributed by atoms with Crippen molar-refractivity contribution in [3.05, 3.63) is 11.1 Å². The Labute approximate surface area is 188 Å². The minimum atomic E-state index is -0.362. The predicted molar refractivity (Wildman–Crippen MR) is 121 cm³/mol. The number of ether oxygens (including phenoxy) is 2. The molecule has 0 bridgehead atoms. The van der Waals surface area contributed by atoms with Gasteiger partial charge in [-0.15, -0.1) is 0 Å². The number of methoxy groups -OCH3 is 1. The van der Waals surface area contributed by atoms with E-state index >= 15 is 0 Å². The van der Waals surface area contributed by atoms with Crippen LogP contribution in [0, 0.1) is 28.6 Å². The highest BCUT2D eigenvalue weighted by atomic mass is 16.7. The Balaban J connectivity index is 1.42. The van der Waals surface area contributed by atoms with Crippen LogP contribution in [0.3, 0.4) is 0 Å². The zero-order valence-corrected chi connectivity index (χ0v) is 20.0. The van der Waals surface area contributed by atoms with Gasteiger partial charge in [-0.3, -0.25) is 0 Å². The number of aliphatic hydroxyl groups is 2. The molecular formula is C27H44O4. The van der Waals surface area contributed by atoms with Gasteiger partial charge in [-0.25, -0.2) is 0 Å². The lowest BCUT2D eigenvalue weighted by Gasteiger charge is -2.59. The first-order valence-corrected chi connectivity index (χ1v) is 13.1. The molecule has 176 valence electrons. The van der Waals surface area contributed by atoms with E-state index in [1.54, 1.807) is 0 Å². The molecule has 0 aliphatic heterocycles. The molecule has 4 nitrogen and oxygen atoms in total. The minimum absolute atomic E-state index is 0.0797. The molecule has 0 radical (unpaired) electrons. The van der Waals surface area contributed by atoms with Crippen molar-refractivity contribution in [2.45, 2.75) is 115 Å².